The molecule has 0 bridgehead atoms. The molecule has 2 heterocycles. The number of likely N-dealkylation sites (N-methyl/N-ethyl adjacent to an activating group) is 1. The number of fused-ring (bicyclic) bond motifs is 1. The van der Waals surface area contributed by atoms with Gasteiger partial charge in [0.2, 0.25) is 0 Å². The number of morpholine rings is 1. The van der Waals surface area contributed by atoms with Crippen LogP contribution in [0.15, 0.2) is 12.1 Å². The Kier molecular flexibility index (Phi) is 4.45. The van der Waals surface area contributed by atoms with Gasteiger partial charge in [-0.15, -0.1) is 0 Å². The third kappa shape index (κ3) is 3.56. The van der Waals surface area contributed by atoms with Crippen LogP contribution in [0.1, 0.15) is 51.3 Å². The highest BCUT2D eigenvalue weighted by molar-refractivity contribution is 5.61. The van der Waals surface area contributed by atoms with Gasteiger partial charge < -0.3 is 14.5 Å². The molecule has 0 radical (unpaired) electrons. The minimum absolute atomic E-state index is 0.184. The lowest BCUT2D eigenvalue weighted by atomic mass is 9.83. The maximum absolute atomic E-state index is 5.95. The number of hydrogen-bond donors (Lipinski definition) is 0. The van der Waals surface area contributed by atoms with Crippen molar-refractivity contribution >= 4 is 5.69 Å². The van der Waals surface area contributed by atoms with Gasteiger partial charge in [-0.2, -0.15) is 0 Å². The summed E-state index contributed by atoms with van der Waals surface area (Å²) in [4.78, 5) is 5.00. The summed E-state index contributed by atoms with van der Waals surface area (Å²) in [5.74, 6) is 0. The Labute approximate surface area is 141 Å². The minimum atomic E-state index is 0.184. The summed E-state index contributed by atoms with van der Waals surface area (Å²) in [6.07, 6.45) is 1.77. The maximum atomic E-state index is 5.95. The number of rotatable bonds is 1. The molecule has 0 saturated carbocycles. The average molecular weight is 316 g/mol. The molecule has 23 heavy (non-hydrogen) atoms. The minimum Gasteiger partial charge on any atom is -0.372 e. The monoisotopic (exact) mass is 316 g/mol. The highest BCUT2D eigenvalue weighted by Crippen LogP contribution is 2.36. The number of anilines is 1. The van der Waals surface area contributed by atoms with Crippen LogP contribution in [0, 0.1) is 0 Å². The molecule has 0 aliphatic carbocycles. The van der Waals surface area contributed by atoms with Gasteiger partial charge in [-0.3, -0.25) is 0 Å². The molecule has 2 unspecified atom stereocenters. The van der Waals surface area contributed by atoms with Crippen LogP contribution in [-0.2, 0) is 23.1 Å². The number of hydrogen-bond acceptors (Lipinski definition) is 3. The van der Waals surface area contributed by atoms with E-state index >= 15 is 0 Å². The smallest absolute Gasteiger partial charge is 0.0726 e. The molecule has 1 saturated heterocycles. The Morgan fingerprint density at radius 2 is 1.74 bits per heavy atom. The van der Waals surface area contributed by atoms with Gasteiger partial charge in [-0.25, -0.2) is 0 Å². The Morgan fingerprint density at radius 3 is 2.35 bits per heavy atom. The van der Waals surface area contributed by atoms with Crippen molar-refractivity contribution in [3.05, 3.63) is 28.8 Å². The van der Waals surface area contributed by atoms with E-state index in [2.05, 4.69) is 63.6 Å². The standard InChI is InChI=1S/C20H32N2O/c1-14-11-22(12-15(2)23-14)19-10-17(20(3,4)5)9-16-13-21(6)8-7-18(16)19/h9-10,14-15H,7-8,11-13H2,1-6H3. The summed E-state index contributed by atoms with van der Waals surface area (Å²) < 4.78 is 5.95. The van der Waals surface area contributed by atoms with Crippen LogP contribution in [0.2, 0.25) is 0 Å². The molecule has 2 aliphatic rings. The summed E-state index contributed by atoms with van der Waals surface area (Å²) in [6, 6.07) is 4.90. The Bertz CT molecular complexity index is 566. The van der Waals surface area contributed by atoms with E-state index in [1.54, 1.807) is 5.56 Å². The van der Waals surface area contributed by atoms with Crippen LogP contribution >= 0.6 is 0 Å². The number of nitrogens with zero attached hydrogens (tertiary/aromatic N) is 2. The zero-order valence-corrected chi connectivity index (χ0v) is 15.6. The Morgan fingerprint density at radius 1 is 1.09 bits per heavy atom. The lowest BCUT2D eigenvalue weighted by Crippen LogP contribution is -2.46. The van der Waals surface area contributed by atoms with E-state index < -0.39 is 0 Å². The van der Waals surface area contributed by atoms with Crippen LogP contribution in [-0.4, -0.2) is 43.8 Å². The molecule has 0 spiro atoms. The first-order valence-electron chi connectivity index (χ1n) is 8.99. The fourth-order valence-electron chi connectivity index (χ4n) is 3.91. The molecule has 3 nitrogen and oxygen atoms in total. The number of ether oxygens (including phenoxy) is 1. The molecule has 0 amide bonds. The van der Waals surface area contributed by atoms with E-state index in [0.29, 0.717) is 12.2 Å². The molecule has 0 aromatic heterocycles. The molecule has 3 rings (SSSR count). The quantitative estimate of drug-likeness (QED) is 0.787. The van der Waals surface area contributed by atoms with Gasteiger partial charge in [0.15, 0.2) is 0 Å². The summed E-state index contributed by atoms with van der Waals surface area (Å²) in [6.45, 7) is 15.6. The topological polar surface area (TPSA) is 15.7 Å². The fraction of sp³-hybridized carbons (Fsp3) is 0.700. The molecule has 0 N–H and O–H groups in total. The van der Waals surface area contributed by atoms with Gasteiger partial charge in [-0.1, -0.05) is 26.8 Å². The highest BCUT2D eigenvalue weighted by atomic mass is 16.5. The second kappa shape index (κ2) is 6.10. The molecule has 1 fully saturated rings. The van der Waals surface area contributed by atoms with Gasteiger partial charge in [0.25, 0.3) is 0 Å². The first-order valence-corrected chi connectivity index (χ1v) is 8.99. The second-order valence-corrected chi connectivity index (χ2v) is 8.53. The first-order chi connectivity index (χ1) is 10.7. The van der Waals surface area contributed by atoms with Crippen molar-refractivity contribution in [2.45, 2.75) is 65.2 Å². The van der Waals surface area contributed by atoms with E-state index in [9.17, 15) is 0 Å². The van der Waals surface area contributed by atoms with Crippen molar-refractivity contribution in [2.24, 2.45) is 0 Å². The van der Waals surface area contributed by atoms with Gasteiger partial charge in [0, 0.05) is 31.9 Å². The van der Waals surface area contributed by atoms with Crippen LogP contribution in [0.5, 0.6) is 0 Å². The molecule has 3 heteroatoms. The van der Waals surface area contributed by atoms with Gasteiger partial charge >= 0.3 is 0 Å². The summed E-state index contributed by atoms with van der Waals surface area (Å²) in [7, 11) is 2.23. The Hall–Kier alpha value is -1.06. The zero-order chi connectivity index (χ0) is 16.8. The lowest BCUT2D eigenvalue weighted by molar-refractivity contribution is -0.00529. The first kappa shape index (κ1) is 16.8. The van der Waals surface area contributed by atoms with Gasteiger partial charge in [0.05, 0.1) is 12.2 Å². The highest BCUT2D eigenvalue weighted by Gasteiger charge is 2.28. The lowest BCUT2D eigenvalue weighted by Gasteiger charge is -2.40. The van der Waals surface area contributed by atoms with Crippen molar-refractivity contribution in [2.75, 3.05) is 31.6 Å². The summed E-state index contributed by atoms with van der Waals surface area (Å²) in [5, 5.41) is 0. The van der Waals surface area contributed by atoms with E-state index in [0.717, 1.165) is 32.6 Å². The third-order valence-electron chi connectivity index (χ3n) is 5.13. The zero-order valence-electron chi connectivity index (χ0n) is 15.6. The van der Waals surface area contributed by atoms with Crippen LogP contribution in [0.25, 0.3) is 0 Å². The predicted molar refractivity (Wildman–Crippen MR) is 97.4 cm³/mol. The average Bonchev–Trinajstić information content (AvgIpc) is 2.43. The summed E-state index contributed by atoms with van der Waals surface area (Å²) in [5.41, 5.74) is 6.19. The maximum Gasteiger partial charge on any atom is 0.0726 e. The molecule has 128 valence electrons. The van der Waals surface area contributed by atoms with E-state index in [4.69, 9.17) is 4.74 Å². The third-order valence-corrected chi connectivity index (χ3v) is 5.13. The van der Waals surface area contributed by atoms with Crippen molar-refractivity contribution in [1.82, 2.24) is 4.90 Å². The van der Waals surface area contributed by atoms with Gasteiger partial charge in [-0.05, 0) is 55.5 Å². The normalized spacial score (nSPS) is 26.3. The van der Waals surface area contributed by atoms with Gasteiger partial charge in [0.1, 0.15) is 0 Å². The second-order valence-electron chi connectivity index (χ2n) is 8.53. The van der Waals surface area contributed by atoms with Crippen molar-refractivity contribution in [3.63, 3.8) is 0 Å². The Balaban J connectivity index is 2.05. The molecule has 2 aliphatic heterocycles. The predicted octanol–water partition coefficient (Wildman–Crippen LogP) is 3.59. The van der Waals surface area contributed by atoms with Crippen molar-refractivity contribution in [3.8, 4) is 0 Å². The molecular formula is C20H32N2O. The van der Waals surface area contributed by atoms with E-state index in [1.807, 2.05) is 0 Å². The molecule has 1 aromatic rings. The SMILES string of the molecule is CC1CN(c2cc(C(C)(C)C)cc3c2CCN(C)C3)CC(C)O1. The van der Waals surface area contributed by atoms with Crippen molar-refractivity contribution < 1.29 is 4.74 Å². The molecular weight excluding hydrogens is 284 g/mol. The fourth-order valence-corrected chi connectivity index (χ4v) is 3.91. The molecule has 1 aromatic carbocycles. The van der Waals surface area contributed by atoms with E-state index in [-0.39, 0.29) is 5.41 Å². The van der Waals surface area contributed by atoms with Crippen LogP contribution in [0.4, 0.5) is 5.69 Å². The van der Waals surface area contributed by atoms with Crippen LogP contribution < -0.4 is 4.90 Å². The van der Waals surface area contributed by atoms with Crippen molar-refractivity contribution in [1.29, 1.82) is 0 Å². The van der Waals surface area contributed by atoms with Crippen LogP contribution in [0.3, 0.4) is 0 Å². The number of benzene rings is 1. The summed E-state index contributed by atoms with van der Waals surface area (Å²) >= 11 is 0. The van der Waals surface area contributed by atoms with E-state index in [1.165, 1.54) is 16.8 Å². The molecule has 2 atom stereocenters. The largest absolute Gasteiger partial charge is 0.372 e.